The lowest BCUT2D eigenvalue weighted by Gasteiger charge is -2.27. The first kappa shape index (κ1) is 31.6. The molecule has 7 rings (SSSR count). The molecule has 0 amide bonds. The van der Waals surface area contributed by atoms with Gasteiger partial charge in [-0.25, -0.2) is 9.55 Å². The molecule has 3 aliphatic rings. The van der Waals surface area contributed by atoms with E-state index in [9.17, 15) is 29.4 Å². The fraction of sp³-hybridized carbons (Fsp3) is 0.417. The number of hydrogen-bond donors (Lipinski definition) is 7. The zero-order valence-corrected chi connectivity index (χ0v) is 25.9. The largest absolute Gasteiger partial charge is 0.472 e. The van der Waals surface area contributed by atoms with Crippen molar-refractivity contribution in [1.29, 1.82) is 0 Å². The van der Waals surface area contributed by atoms with E-state index in [4.69, 9.17) is 50.8 Å². The Hall–Kier alpha value is -2.94. The number of imidazole rings is 1. The van der Waals surface area contributed by atoms with Crippen molar-refractivity contribution in [3.63, 3.8) is 0 Å². The highest BCUT2D eigenvalue weighted by molar-refractivity contribution is 8.07. The number of nitrogens with two attached hydrogens (primary N) is 2. The summed E-state index contributed by atoms with van der Waals surface area (Å²) < 4.78 is 48.2. The van der Waals surface area contributed by atoms with Gasteiger partial charge in [-0.2, -0.15) is 4.98 Å². The van der Waals surface area contributed by atoms with E-state index in [1.54, 1.807) is 24.4 Å². The molecular weight excluding hydrogens is 672 g/mol. The van der Waals surface area contributed by atoms with Crippen molar-refractivity contribution in [3.8, 4) is 0 Å². The number of benzene rings is 1. The van der Waals surface area contributed by atoms with Gasteiger partial charge in [-0.3, -0.25) is 32.9 Å². The number of fused-ring (bicyclic) bond motifs is 5. The van der Waals surface area contributed by atoms with Gasteiger partial charge < -0.3 is 45.5 Å². The third-order valence-electron chi connectivity index (χ3n) is 7.86. The first-order valence-electron chi connectivity index (χ1n) is 13.6. The van der Waals surface area contributed by atoms with Gasteiger partial charge in [0.05, 0.1) is 19.5 Å². The van der Waals surface area contributed by atoms with E-state index < -0.39 is 82.3 Å². The van der Waals surface area contributed by atoms with Crippen LogP contribution in [0.4, 0.5) is 11.6 Å². The summed E-state index contributed by atoms with van der Waals surface area (Å²) >= 11 is 5.25. The molecule has 22 heteroatoms. The Labute approximate surface area is 262 Å². The van der Waals surface area contributed by atoms with Gasteiger partial charge in [0.1, 0.15) is 42.7 Å². The van der Waals surface area contributed by atoms with Gasteiger partial charge >= 0.3 is 14.5 Å². The number of rotatable bonds is 2. The van der Waals surface area contributed by atoms with Crippen LogP contribution in [0.3, 0.4) is 0 Å². The van der Waals surface area contributed by atoms with E-state index in [0.29, 0.717) is 22.0 Å². The standard InChI is InChI=1S/C24H27N7O12P2S/c25-12-3-1-2-9-10(12)4-27-5-11(9)18-17(33)19-14(40-18)7-39-45(37,46)43-20-16(32)13(6-38-44(35,36)42-19)41-23(20)31-8-28-15-21(31)29-24(26)30-22(15)34/h1-5,8,13-14,16-20,23,32-33H,6-7,25H2,(H,35,36)(H,37,46)(H3,26,29,30,34)/t13-,14-,16?,17?,18+,19+,20+,23-,45?/m1/s1. The van der Waals surface area contributed by atoms with Crippen LogP contribution in [-0.2, 0) is 43.9 Å². The lowest BCUT2D eigenvalue weighted by molar-refractivity contribution is -0.0607. The van der Waals surface area contributed by atoms with Gasteiger partial charge in [-0.15, -0.1) is 0 Å². The molecule has 9 N–H and O–H groups in total. The lowest BCUT2D eigenvalue weighted by atomic mass is 9.98. The van der Waals surface area contributed by atoms with E-state index in [1.807, 2.05) is 0 Å². The highest BCUT2D eigenvalue weighted by atomic mass is 32.5. The smallest absolute Gasteiger partial charge is 0.398 e. The van der Waals surface area contributed by atoms with Crippen LogP contribution in [0.15, 0.2) is 41.7 Å². The Morgan fingerprint density at radius 2 is 1.78 bits per heavy atom. The van der Waals surface area contributed by atoms with Crippen molar-refractivity contribution in [1.82, 2.24) is 24.5 Å². The van der Waals surface area contributed by atoms with Crippen LogP contribution in [-0.4, -0.2) is 94.3 Å². The van der Waals surface area contributed by atoms with Gasteiger partial charge in [0.15, 0.2) is 17.4 Å². The third-order valence-corrected chi connectivity index (χ3v) is 10.4. The summed E-state index contributed by atoms with van der Waals surface area (Å²) in [6, 6.07) is 5.13. The summed E-state index contributed by atoms with van der Waals surface area (Å²) in [5.74, 6) is -0.236. The van der Waals surface area contributed by atoms with Gasteiger partial charge in [-0.1, -0.05) is 12.1 Å². The second-order valence-corrected chi connectivity index (χ2v) is 15.0. The first-order chi connectivity index (χ1) is 21.8. The average Bonchev–Trinajstić information content (AvgIpc) is 3.64. The van der Waals surface area contributed by atoms with Crippen molar-refractivity contribution < 1.29 is 52.1 Å². The minimum atomic E-state index is -4.99. The van der Waals surface area contributed by atoms with Crippen LogP contribution < -0.4 is 17.0 Å². The van der Waals surface area contributed by atoms with Crippen LogP contribution in [0.25, 0.3) is 21.9 Å². The number of nitrogens with zero attached hydrogens (tertiary/aromatic N) is 4. The molecule has 46 heavy (non-hydrogen) atoms. The molecule has 3 fully saturated rings. The highest BCUT2D eigenvalue weighted by Gasteiger charge is 2.53. The fourth-order valence-corrected chi connectivity index (χ4v) is 8.13. The zero-order valence-electron chi connectivity index (χ0n) is 23.3. The van der Waals surface area contributed by atoms with E-state index in [2.05, 4.69) is 19.9 Å². The molecule has 1 aromatic carbocycles. The normalized spacial score (nSPS) is 37.0. The van der Waals surface area contributed by atoms with Gasteiger partial charge in [0, 0.05) is 29.0 Å². The van der Waals surface area contributed by atoms with Crippen LogP contribution in [0, 0.1) is 0 Å². The minimum absolute atomic E-state index is 0.0510. The quantitative estimate of drug-likeness (QED) is 0.105. The molecule has 2 bridgehead atoms. The minimum Gasteiger partial charge on any atom is -0.398 e. The topological polar surface area (TPSA) is 282 Å². The zero-order chi connectivity index (χ0) is 32.5. The first-order valence-corrected chi connectivity index (χ1v) is 17.7. The second kappa shape index (κ2) is 11.6. The molecule has 0 saturated carbocycles. The number of anilines is 2. The predicted molar refractivity (Wildman–Crippen MR) is 160 cm³/mol. The Bertz CT molecular complexity index is 1980. The molecule has 10 atom stereocenters. The number of aromatic amines is 1. The van der Waals surface area contributed by atoms with Crippen LogP contribution >= 0.6 is 14.5 Å². The van der Waals surface area contributed by atoms with E-state index in [0.717, 1.165) is 0 Å². The summed E-state index contributed by atoms with van der Waals surface area (Å²) in [6.45, 7) is -5.59. The molecule has 246 valence electrons. The number of pyridine rings is 1. The Morgan fingerprint density at radius 1 is 1.00 bits per heavy atom. The molecule has 19 nitrogen and oxygen atoms in total. The monoisotopic (exact) mass is 699 g/mol. The van der Waals surface area contributed by atoms with Gasteiger partial charge in [-0.05, 0) is 23.3 Å². The van der Waals surface area contributed by atoms with Crippen LogP contribution in [0.2, 0.25) is 0 Å². The van der Waals surface area contributed by atoms with Gasteiger partial charge in [0.25, 0.3) is 5.56 Å². The molecule has 3 saturated heterocycles. The molecule has 0 aliphatic carbocycles. The molecule has 6 heterocycles. The van der Waals surface area contributed by atoms with Crippen molar-refractivity contribution in [2.75, 3.05) is 24.7 Å². The molecule has 0 radical (unpaired) electrons. The highest BCUT2D eigenvalue weighted by Crippen LogP contribution is 2.54. The number of nitrogen functional groups attached to an aromatic ring is 2. The van der Waals surface area contributed by atoms with E-state index >= 15 is 0 Å². The summed E-state index contributed by atoms with van der Waals surface area (Å²) in [5, 5.41) is 23.6. The molecule has 3 aromatic heterocycles. The number of aliphatic hydroxyl groups excluding tert-OH is 2. The summed E-state index contributed by atoms with van der Waals surface area (Å²) in [7, 11) is -4.99. The number of phosphoric acid groups is 1. The molecule has 4 aromatic rings. The predicted octanol–water partition coefficient (Wildman–Crippen LogP) is -0.274. The lowest BCUT2D eigenvalue weighted by Crippen LogP contribution is -2.35. The fourth-order valence-electron chi connectivity index (χ4n) is 5.75. The molecular formula is C24H27N7O12P2S. The summed E-state index contributed by atoms with van der Waals surface area (Å²) in [5.41, 5.74) is 11.8. The maximum atomic E-state index is 13.2. The number of hydrogen-bond acceptors (Lipinski definition) is 16. The Balaban J connectivity index is 1.21. The van der Waals surface area contributed by atoms with E-state index in [1.165, 1.54) is 17.1 Å². The SMILES string of the molecule is Nc1nc2c(ncn2[C@@H]2O[C@@H]3COP(=O)(O)O[C@@H]4C(O)[C@H](c5cncc6c(N)cccc56)O[C@@H]4COP(O)(=S)O[C@H]2C3O)c(=O)[nH]1. The van der Waals surface area contributed by atoms with Crippen LogP contribution in [0.1, 0.15) is 17.9 Å². The van der Waals surface area contributed by atoms with Gasteiger partial charge in [0.2, 0.25) is 5.95 Å². The number of phosphoric ester groups is 1. The number of aliphatic hydroxyl groups is 2. The van der Waals surface area contributed by atoms with Crippen LogP contribution in [0.5, 0.6) is 0 Å². The Morgan fingerprint density at radius 3 is 2.59 bits per heavy atom. The summed E-state index contributed by atoms with van der Waals surface area (Å²) in [6.07, 6.45) is -7.20. The molecule has 3 aliphatic heterocycles. The average molecular weight is 700 g/mol. The van der Waals surface area contributed by atoms with Crippen molar-refractivity contribution in [3.05, 3.63) is 52.8 Å². The van der Waals surface area contributed by atoms with Crippen molar-refractivity contribution >= 4 is 59.9 Å². The number of aromatic nitrogens is 5. The van der Waals surface area contributed by atoms with E-state index in [-0.39, 0.29) is 17.1 Å². The maximum absolute atomic E-state index is 13.2. The molecule has 4 unspecified atom stereocenters. The third kappa shape index (κ3) is 5.64. The number of ether oxygens (including phenoxy) is 2. The maximum Gasteiger partial charge on any atom is 0.472 e. The second-order valence-electron chi connectivity index (χ2n) is 10.8. The van der Waals surface area contributed by atoms with Crippen molar-refractivity contribution in [2.24, 2.45) is 0 Å². The molecule has 0 spiro atoms. The van der Waals surface area contributed by atoms with Crippen molar-refractivity contribution in [2.45, 2.75) is 49.0 Å². The Kier molecular flexibility index (Phi) is 8.01. The number of H-pyrrole nitrogens is 1. The number of nitrogens with one attached hydrogen (secondary N) is 1. The summed E-state index contributed by atoms with van der Waals surface area (Å²) in [4.78, 5) is 48.7.